The summed E-state index contributed by atoms with van der Waals surface area (Å²) in [6, 6.07) is 15.3. The fraction of sp³-hybridized carbons (Fsp3) is 0.476. The molecule has 1 N–H and O–H groups in total. The Bertz CT molecular complexity index is 679. The number of hydrogen-bond donors (Lipinski definition) is 1. The van der Waals surface area contributed by atoms with Crippen molar-refractivity contribution in [2.45, 2.75) is 26.4 Å². The summed E-state index contributed by atoms with van der Waals surface area (Å²) in [5.41, 5.74) is 2.60. The van der Waals surface area contributed by atoms with Crippen molar-refractivity contribution in [1.29, 1.82) is 0 Å². The van der Waals surface area contributed by atoms with Crippen LogP contribution in [0.4, 0.5) is 0 Å². The number of nitrogens with zero attached hydrogens (tertiary/aromatic N) is 4. The van der Waals surface area contributed by atoms with Crippen LogP contribution in [-0.2, 0) is 13.6 Å². The van der Waals surface area contributed by atoms with E-state index in [-0.39, 0.29) is 24.0 Å². The molecule has 0 fully saturated rings. The Balaban J connectivity index is 0.00000364. The number of likely N-dealkylation sites (N-methyl/N-ethyl adjacent to an activating group) is 1. The van der Waals surface area contributed by atoms with Gasteiger partial charge in [0.15, 0.2) is 5.96 Å². The predicted octanol–water partition coefficient (Wildman–Crippen LogP) is 3.73. The maximum absolute atomic E-state index is 4.48. The Hall–Kier alpha value is -1.54. The minimum atomic E-state index is 0. The lowest BCUT2D eigenvalue weighted by atomic mass is 10.1. The van der Waals surface area contributed by atoms with E-state index in [1.54, 1.807) is 0 Å². The Kier molecular flexibility index (Phi) is 10.5. The molecule has 0 aliphatic carbocycles. The first kappa shape index (κ1) is 23.5. The number of rotatable bonds is 8. The van der Waals surface area contributed by atoms with E-state index >= 15 is 0 Å². The zero-order valence-electron chi connectivity index (χ0n) is 17.2. The highest BCUT2D eigenvalue weighted by Crippen LogP contribution is 2.19. The minimum Gasteiger partial charge on any atom is -0.354 e. The van der Waals surface area contributed by atoms with Crippen LogP contribution in [0.3, 0.4) is 0 Å². The van der Waals surface area contributed by atoms with Crippen molar-refractivity contribution < 1.29 is 0 Å². The van der Waals surface area contributed by atoms with Crippen LogP contribution >= 0.6 is 24.0 Å². The van der Waals surface area contributed by atoms with Crippen molar-refractivity contribution in [3.05, 3.63) is 59.9 Å². The number of guanidine groups is 1. The van der Waals surface area contributed by atoms with Gasteiger partial charge in [0.05, 0.1) is 12.6 Å². The lowest BCUT2D eigenvalue weighted by Crippen LogP contribution is -2.43. The summed E-state index contributed by atoms with van der Waals surface area (Å²) in [7, 11) is 6.00. The number of aliphatic imine (C=N–C) groups is 1. The normalized spacial score (nSPS) is 12.6. The average Bonchev–Trinajstić information content (AvgIpc) is 3.06. The van der Waals surface area contributed by atoms with Crippen molar-refractivity contribution >= 4 is 29.9 Å². The molecule has 27 heavy (non-hydrogen) atoms. The number of halogens is 1. The molecule has 2 rings (SSSR count). The largest absolute Gasteiger partial charge is 0.354 e. The first-order valence-electron chi connectivity index (χ1n) is 9.41. The standard InChI is InChI=1S/C21H33N5.HI/c1-6-26(7-2)20(18-12-9-8-10-13-18)16-23-21(22-3)25(5)17-19-14-11-15-24(19)4;/h8-15,20H,6-7,16-17H2,1-5H3,(H,22,23);1H. The van der Waals surface area contributed by atoms with Gasteiger partial charge in [-0.3, -0.25) is 9.89 Å². The van der Waals surface area contributed by atoms with Gasteiger partial charge in [0.1, 0.15) is 0 Å². The summed E-state index contributed by atoms with van der Waals surface area (Å²) in [4.78, 5) is 9.12. The highest BCUT2D eigenvalue weighted by molar-refractivity contribution is 14.0. The van der Waals surface area contributed by atoms with E-state index in [4.69, 9.17) is 0 Å². The quantitative estimate of drug-likeness (QED) is 0.353. The van der Waals surface area contributed by atoms with Crippen LogP contribution in [0.1, 0.15) is 31.1 Å². The van der Waals surface area contributed by atoms with Gasteiger partial charge in [0.2, 0.25) is 0 Å². The number of aromatic nitrogens is 1. The van der Waals surface area contributed by atoms with Crippen LogP contribution in [-0.4, -0.2) is 54.1 Å². The molecule has 2 aromatic rings. The first-order valence-corrected chi connectivity index (χ1v) is 9.41. The van der Waals surface area contributed by atoms with Crippen LogP contribution in [0, 0.1) is 0 Å². The topological polar surface area (TPSA) is 35.8 Å². The average molecular weight is 483 g/mol. The van der Waals surface area contributed by atoms with Gasteiger partial charge in [0.25, 0.3) is 0 Å². The Morgan fingerprint density at radius 3 is 2.30 bits per heavy atom. The Morgan fingerprint density at radius 2 is 1.78 bits per heavy atom. The van der Waals surface area contributed by atoms with Crippen LogP contribution in [0.2, 0.25) is 0 Å². The summed E-state index contributed by atoms with van der Waals surface area (Å²) < 4.78 is 2.15. The van der Waals surface area contributed by atoms with Gasteiger partial charge in [-0.2, -0.15) is 0 Å². The lowest BCUT2D eigenvalue weighted by molar-refractivity contribution is 0.217. The zero-order valence-corrected chi connectivity index (χ0v) is 19.6. The zero-order chi connectivity index (χ0) is 18.9. The molecule has 0 aliphatic heterocycles. The third kappa shape index (κ3) is 6.53. The van der Waals surface area contributed by atoms with Crippen molar-refractivity contribution in [3.8, 4) is 0 Å². The van der Waals surface area contributed by atoms with Crippen molar-refractivity contribution in [3.63, 3.8) is 0 Å². The molecule has 5 nitrogen and oxygen atoms in total. The molecule has 6 heteroatoms. The number of nitrogens with one attached hydrogen (secondary N) is 1. The molecule has 1 aromatic carbocycles. The van der Waals surface area contributed by atoms with E-state index in [0.717, 1.165) is 32.1 Å². The van der Waals surface area contributed by atoms with Gasteiger partial charge in [-0.15, -0.1) is 24.0 Å². The summed E-state index contributed by atoms with van der Waals surface area (Å²) >= 11 is 0. The summed E-state index contributed by atoms with van der Waals surface area (Å²) in [5.74, 6) is 0.916. The summed E-state index contributed by atoms with van der Waals surface area (Å²) in [6.07, 6.45) is 2.07. The van der Waals surface area contributed by atoms with Crippen molar-refractivity contribution in [2.75, 3.05) is 33.7 Å². The van der Waals surface area contributed by atoms with Crippen LogP contribution in [0.15, 0.2) is 53.7 Å². The molecular weight excluding hydrogens is 449 g/mol. The second-order valence-corrected chi connectivity index (χ2v) is 6.54. The third-order valence-electron chi connectivity index (χ3n) is 4.91. The molecule has 0 radical (unpaired) electrons. The molecule has 1 unspecified atom stereocenters. The molecule has 150 valence electrons. The fourth-order valence-corrected chi connectivity index (χ4v) is 3.35. The van der Waals surface area contributed by atoms with Crippen molar-refractivity contribution in [2.24, 2.45) is 12.0 Å². The van der Waals surface area contributed by atoms with Crippen LogP contribution in [0.25, 0.3) is 0 Å². The second kappa shape index (κ2) is 12.0. The molecule has 0 saturated carbocycles. The Morgan fingerprint density at radius 1 is 1.11 bits per heavy atom. The van der Waals surface area contributed by atoms with Crippen LogP contribution in [0.5, 0.6) is 0 Å². The molecule has 0 saturated heterocycles. The first-order chi connectivity index (χ1) is 12.6. The monoisotopic (exact) mass is 483 g/mol. The van der Waals surface area contributed by atoms with Crippen molar-refractivity contribution in [1.82, 2.24) is 19.7 Å². The van der Waals surface area contributed by atoms with E-state index < -0.39 is 0 Å². The fourth-order valence-electron chi connectivity index (χ4n) is 3.35. The number of benzene rings is 1. The molecule has 0 amide bonds. The SMILES string of the molecule is CCN(CC)C(CNC(=NC)N(C)Cc1cccn1C)c1ccccc1.I. The van der Waals surface area contributed by atoms with E-state index in [2.05, 4.69) is 101 Å². The van der Waals surface area contributed by atoms with Gasteiger partial charge in [-0.1, -0.05) is 44.2 Å². The van der Waals surface area contributed by atoms with Gasteiger partial charge in [-0.05, 0) is 30.8 Å². The van der Waals surface area contributed by atoms with Gasteiger partial charge < -0.3 is 14.8 Å². The van der Waals surface area contributed by atoms with Gasteiger partial charge >= 0.3 is 0 Å². The maximum Gasteiger partial charge on any atom is 0.193 e. The van der Waals surface area contributed by atoms with E-state index in [1.807, 2.05) is 7.05 Å². The minimum absolute atomic E-state index is 0. The highest BCUT2D eigenvalue weighted by atomic mass is 127. The maximum atomic E-state index is 4.48. The smallest absolute Gasteiger partial charge is 0.193 e. The number of hydrogen-bond acceptors (Lipinski definition) is 2. The third-order valence-corrected chi connectivity index (χ3v) is 4.91. The van der Waals surface area contributed by atoms with E-state index in [9.17, 15) is 0 Å². The second-order valence-electron chi connectivity index (χ2n) is 6.54. The molecule has 1 aromatic heterocycles. The molecule has 1 heterocycles. The summed E-state index contributed by atoms with van der Waals surface area (Å²) in [5, 5.41) is 3.57. The summed E-state index contributed by atoms with van der Waals surface area (Å²) in [6.45, 7) is 8.14. The predicted molar refractivity (Wildman–Crippen MR) is 126 cm³/mol. The van der Waals surface area contributed by atoms with Crippen LogP contribution < -0.4 is 5.32 Å². The molecule has 0 aliphatic rings. The van der Waals surface area contributed by atoms with E-state index in [1.165, 1.54) is 11.3 Å². The highest BCUT2D eigenvalue weighted by Gasteiger charge is 2.19. The lowest BCUT2D eigenvalue weighted by Gasteiger charge is -2.32. The van der Waals surface area contributed by atoms with E-state index in [0.29, 0.717) is 6.04 Å². The molecule has 1 atom stereocenters. The Labute approximate surface area is 181 Å². The van der Waals surface area contributed by atoms with Gasteiger partial charge in [0, 0.05) is 39.6 Å². The molecule has 0 bridgehead atoms. The number of aryl methyl sites for hydroxylation is 1. The van der Waals surface area contributed by atoms with Gasteiger partial charge in [-0.25, -0.2) is 0 Å². The molecule has 0 spiro atoms. The molecular formula is C21H34IN5.